The Bertz CT molecular complexity index is 1110. The molecule has 3 aromatic rings. The van der Waals surface area contributed by atoms with Crippen molar-refractivity contribution in [1.29, 1.82) is 0 Å². The Hall–Kier alpha value is -2.71. The van der Waals surface area contributed by atoms with Gasteiger partial charge in [0.1, 0.15) is 24.7 Å². The molecule has 0 spiro atoms. The van der Waals surface area contributed by atoms with E-state index in [1.54, 1.807) is 34.4 Å². The Morgan fingerprint density at radius 2 is 2.00 bits per heavy atom. The first-order chi connectivity index (χ1) is 15.6. The smallest absolute Gasteiger partial charge is 0.264 e. The molecular weight excluding hydrogens is 447 g/mol. The van der Waals surface area contributed by atoms with Crippen LogP contribution in [-0.2, 0) is 11.2 Å². The monoisotopic (exact) mass is 470 g/mol. The van der Waals surface area contributed by atoms with Crippen LogP contribution in [0.15, 0.2) is 53.2 Å². The third kappa shape index (κ3) is 4.42. The fourth-order valence-electron chi connectivity index (χ4n) is 4.14. The maximum atomic E-state index is 13.6. The van der Waals surface area contributed by atoms with Gasteiger partial charge in [-0.2, -0.15) is 0 Å². The molecule has 1 saturated carbocycles. The first kappa shape index (κ1) is 21.2. The van der Waals surface area contributed by atoms with Gasteiger partial charge in [-0.1, -0.05) is 12.1 Å². The van der Waals surface area contributed by atoms with Crippen LogP contribution in [-0.4, -0.2) is 47.4 Å². The third-order valence-corrected chi connectivity index (χ3v) is 7.76. The van der Waals surface area contributed by atoms with Gasteiger partial charge in [0, 0.05) is 23.5 Å². The number of halogens is 1. The molecule has 0 saturated heterocycles. The van der Waals surface area contributed by atoms with Crippen LogP contribution in [0, 0.1) is 5.82 Å². The lowest BCUT2D eigenvalue weighted by Gasteiger charge is -2.37. The second-order valence-corrected chi connectivity index (χ2v) is 10.0. The number of carbonyl (C=O) groups excluding carboxylic acids is 2. The van der Waals surface area contributed by atoms with E-state index >= 15 is 0 Å². The summed E-state index contributed by atoms with van der Waals surface area (Å²) in [6, 6.07) is 11.6. The highest BCUT2D eigenvalue weighted by atomic mass is 32.1. The molecule has 1 fully saturated rings. The van der Waals surface area contributed by atoms with Crippen molar-refractivity contribution in [2.24, 2.45) is 0 Å². The van der Waals surface area contributed by atoms with Gasteiger partial charge < -0.3 is 14.5 Å². The summed E-state index contributed by atoms with van der Waals surface area (Å²) < 4.78 is 19.5. The fourth-order valence-corrected chi connectivity index (χ4v) is 5.74. The van der Waals surface area contributed by atoms with Gasteiger partial charge in [-0.15, -0.1) is 22.7 Å². The highest BCUT2D eigenvalue weighted by molar-refractivity contribution is 7.12. The van der Waals surface area contributed by atoms with Crippen molar-refractivity contribution in [3.8, 4) is 5.75 Å². The zero-order chi connectivity index (χ0) is 22.1. The normalized spacial score (nSPS) is 17.7. The van der Waals surface area contributed by atoms with Crippen molar-refractivity contribution >= 4 is 34.5 Å². The summed E-state index contributed by atoms with van der Waals surface area (Å²) in [5.74, 6) is -0.0714. The van der Waals surface area contributed by atoms with Crippen LogP contribution >= 0.6 is 22.7 Å². The molecule has 2 aromatic heterocycles. The van der Waals surface area contributed by atoms with Gasteiger partial charge in [0.2, 0.25) is 5.91 Å². The summed E-state index contributed by atoms with van der Waals surface area (Å²) in [7, 11) is 0. The van der Waals surface area contributed by atoms with Crippen molar-refractivity contribution < 1.29 is 18.7 Å². The zero-order valence-electron chi connectivity index (χ0n) is 17.4. The van der Waals surface area contributed by atoms with E-state index in [4.69, 9.17) is 4.74 Å². The maximum absolute atomic E-state index is 13.6. The number of amides is 2. The van der Waals surface area contributed by atoms with Crippen LogP contribution < -0.4 is 4.74 Å². The maximum Gasteiger partial charge on any atom is 0.264 e. The first-order valence-corrected chi connectivity index (χ1v) is 12.4. The molecule has 2 aliphatic rings. The Labute approximate surface area is 194 Å². The SMILES string of the molecule is O=C(c1cccs1)N(CC(=O)N1CCc2sccc2C1COc1cccc(F)c1)C1CC1. The topological polar surface area (TPSA) is 49.9 Å². The Kier molecular flexibility index (Phi) is 5.97. The lowest BCUT2D eigenvalue weighted by atomic mass is 10.0. The number of rotatable bonds is 7. The molecule has 2 amide bonds. The van der Waals surface area contributed by atoms with E-state index in [0.29, 0.717) is 17.2 Å². The quantitative estimate of drug-likeness (QED) is 0.500. The van der Waals surface area contributed by atoms with Crippen molar-refractivity contribution in [3.63, 3.8) is 0 Å². The van der Waals surface area contributed by atoms with Gasteiger partial charge >= 0.3 is 0 Å². The number of hydrogen-bond acceptors (Lipinski definition) is 5. The summed E-state index contributed by atoms with van der Waals surface area (Å²) in [4.78, 5) is 31.9. The second kappa shape index (κ2) is 9.03. The van der Waals surface area contributed by atoms with E-state index in [-0.39, 0.29) is 42.9 Å². The van der Waals surface area contributed by atoms with Crippen LogP contribution in [0.5, 0.6) is 5.75 Å². The number of ether oxygens (including phenoxy) is 1. The molecule has 166 valence electrons. The molecule has 3 heterocycles. The standard InChI is InChI=1S/C24H23FN2O3S2/c25-16-3-1-4-18(13-16)30-15-20-19-9-12-32-21(19)8-10-26(20)23(28)14-27(17-6-7-17)24(29)22-5-2-11-31-22/h1-5,9,11-13,17,20H,6-8,10,14-15H2. The summed E-state index contributed by atoms with van der Waals surface area (Å²) in [5.41, 5.74) is 1.08. The van der Waals surface area contributed by atoms with E-state index in [9.17, 15) is 14.0 Å². The lowest BCUT2D eigenvalue weighted by molar-refractivity contribution is -0.135. The number of nitrogens with zero attached hydrogens (tertiary/aromatic N) is 2. The van der Waals surface area contributed by atoms with Gasteiger partial charge in [-0.25, -0.2) is 4.39 Å². The first-order valence-electron chi connectivity index (χ1n) is 10.7. The number of benzene rings is 1. The molecule has 0 radical (unpaired) electrons. The number of thiophene rings is 2. The number of carbonyl (C=O) groups is 2. The van der Waals surface area contributed by atoms with Gasteiger partial charge in [-0.3, -0.25) is 9.59 Å². The zero-order valence-corrected chi connectivity index (χ0v) is 19.0. The minimum absolute atomic E-state index is 0.0668. The van der Waals surface area contributed by atoms with Gasteiger partial charge in [0.05, 0.1) is 10.9 Å². The van der Waals surface area contributed by atoms with E-state index in [0.717, 1.165) is 24.8 Å². The fraction of sp³-hybridized carbons (Fsp3) is 0.333. The molecule has 32 heavy (non-hydrogen) atoms. The van der Waals surface area contributed by atoms with Gasteiger partial charge in [-0.05, 0) is 59.9 Å². The Morgan fingerprint density at radius 3 is 2.75 bits per heavy atom. The molecule has 0 bridgehead atoms. The van der Waals surface area contributed by atoms with E-state index in [2.05, 4.69) is 0 Å². The molecule has 1 aliphatic heterocycles. The second-order valence-electron chi connectivity index (χ2n) is 8.06. The summed E-state index contributed by atoms with van der Waals surface area (Å²) in [6.07, 6.45) is 2.66. The molecule has 5 rings (SSSR count). The Morgan fingerprint density at radius 1 is 1.12 bits per heavy atom. The predicted molar refractivity (Wildman–Crippen MR) is 123 cm³/mol. The largest absolute Gasteiger partial charge is 0.491 e. The molecule has 1 aromatic carbocycles. The number of hydrogen-bond donors (Lipinski definition) is 0. The highest BCUT2D eigenvalue weighted by Crippen LogP contribution is 2.35. The highest BCUT2D eigenvalue weighted by Gasteiger charge is 2.38. The average Bonchev–Trinajstić information content (AvgIpc) is 3.27. The average molecular weight is 471 g/mol. The van der Waals surface area contributed by atoms with Crippen LogP contribution in [0.4, 0.5) is 4.39 Å². The number of fused-ring (bicyclic) bond motifs is 1. The molecular formula is C24H23FN2O3S2. The van der Waals surface area contributed by atoms with E-state index in [1.807, 2.05) is 27.8 Å². The third-order valence-electron chi connectivity index (χ3n) is 5.91. The minimum Gasteiger partial charge on any atom is -0.491 e. The summed E-state index contributed by atoms with van der Waals surface area (Å²) in [5, 5.41) is 3.91. The molecule has 8 heteroatoms. The van der Waals surface area contributed by atoms with Crippen LogP contribution in [0.2, 0.25) is 0 Å². The Balaban J connectivity index is 1.34. The van der Waals surface area contributed by atoms with Gasteiger partial charge in [0.25, 0.3) is 5.91 Å². The summed E-state index contributed by atoms with van der Waals surface area (Å²) >= 11 is 3.08. The van der Waals surface area contributed by atoms with Crippen LogP contribution in [0.3, 0.4) is 0 Å². The van der Waals surface area contributed by atoms with Crippen molar-refractivity contribution in [1.82, 2.24) is 9.80 Å². The molecule has 1 atom stereocenters. The van der Waals surface area contributed by atoms with Crippen LogP contribution in [0.1, 0.15) is 39.0 Å². The van der Waals surface area contributed by atoms with E-state index < -0.39 is 0 Å². The molecule has 1 unspecified atom stereocenters. The molecule has 0 N–H and O–H groups in total. The molecule has 1 aliphatic carbocycles. The van der Waals surface area contributed by atoms with Crippen molar-refractivity contribution in [2.75, 3.05) is 19.7 Å². The minimum atomic E-state index is -0.359. The predicted octanol–water partition coefficient (Wildman–Crippen LogP) is 4.76. The van der Waals surface area contributed by atoms with Crippen molar-refractivity contribution in [2.45, 2.75) is 31.3 Å². The van der Waals surface area contributed by atoms with Crippen LogP contribution in [0.25, 0.3) is 0 Å². The van der Waals surface area contributed by atoms with Gasteiger partial charge in [0.15, 0.2) is 0 Å². The summed E-state index contributed by atoms with van der Waals surface area (Å²) in [6.45, 7) is 0.883. The molecule has 5 nitrogen and oxygen atoms in total. The van der Waals surface area contributed by atoms with E-state index in [1.165, 1.54) is 28.3 Å². The van der Waals surface area contributed by atoms with Crippen molar-refractivity contribution in [3.05, 3.63) is 74.4 Å². The lowest BCUT2D eigenvalue weighted by Crippen LogP contribution is -2.48.